The molecule has 6 heteroatoms. The number of aromatic nitrogens is 2. The highest BCUT2D eigenvalue weighted by Crippen LogP contribution is 2.21. The largest absolute Gasteiger partial charge is 0.419 e. The second kappa shape index (κ2) is 5.93. The summed E-state index contributed by atoms with van der Waals surface area (Å²) in [5.41, 5.74) is 1.54. The normalized spacial score (nSPS) is 10.6. The second-order valence-electron chi connectivity index (χ2n) is 4.37. The molecule has 0 saturated heterocycles. The predicted molar refractivity (Wildman–Crippen MR) is 78.5 cm³/mol. The Bertz CT molecular complexity index is 743. The third-order valence-corrected chi connectivity index (χ3v) is 3.06. The lowest BCUT2D eigenvalue weighted by molar-refractivity contribution is 0.515. The molecule has 0 fully saturated rings. The van der Waals surface area contributed by atoms with Gasteiger partial charge in [-0.25, -0.2) is 4.39 Å². The number of nitrogens with zero attached hydrogens (tertiary/aromatic N) is 2. The van der Waals surface area contributed by atoms with Crippen LogP contribution in [0.25, 0.3) is 11.5 Å². The number of hydrogen-bond donors (Lipinski definition) is 1. The third kappa shape index (κ3) is 3.38. The Hall–Kier alpha value is -2.40. The maximum atomic E-state index is 12.8. The summed E-state index contributed by atoms with van der Waals surface area (Å²) in [6.45, 7) is 0.360. The van der Waals surface area contributed by atoms with Gasteiger partial charge in [-0.3, -0.25) is 0 Å². The zero-order valence-corrected chi connectivity index (χ0v) is 11.6. The zero-order valence-electron chi connectivity index (χ0n) is 10.9. The van der Waals surface area contributed by atoms with Gasteiger partial charge in [-0.05, 0) is 42.5 Å². The van der Waals surface area contributed by atoms with E-state index in [9.17, 15) is 4.39 Å². The Morgan fingerprint density at radius 2 is 1.90 bits per heavy atom. The first-order chi connectivity index (χ1) is 10.2. The van der Waals surface area contributed by atoms with Crippen molar-refractivity contribution in [3.8, 4) is 11.5 Å². The van der Waals surface area contributed by atoms with Crippen LogP contribution in [-0.4, -0.2) is 10.2 Å². The van der Waals surface area contributed by atoms with E-state index in [4.69, 9.17) is 16.0 Å². The lowest BCUT2D eigenvalue weighted by atomic mass is 10.2. The predicted octanol–water partition coefficient (Wildman–Crippen LogP) is 4.14. The first-order valence-electron chi connectivity index (χ1n) is 6.28. The summed E-state index contributed by atoms with van der Waals surface area (Å²) in [7, 11) is 0. The molecule has 0 aliphatic rings. The van der Waals surface area contributed by atoms with E-state index < -0.39 is 0 Å². The van der Waals surface area contributed by atoms with Crippen molar-refractivity contribution in [2.24, 2.45) is 0 Å². The van der Waals surface area contributed by atoms with Gasteiger partial charge in [0.2, 0.25) is 11.8 Å². The highest BCUT2D eigenvalue weighted by Gasteiger charge is 2.08. The van der Waals surface area contributed by atoms with Crippen molar-refractivity contribution in [3.63, 3.8) is 0 Å². The molecule has 0 saturated carbocycles. The van der Waals surface area contributed by atoms with Gasteiger partial charge < -0.3 is 9.73 Å². The van der Waals surface area contributed by atoms with Gasteiger partial charge in [0, 0.05) is 16.3 Å². The summed E-state index contributed by atoms with van der Waals surface area (Å²) in [5.74, 6) is 0.573. The van der Waals surface area contributed by atoms with Crippen molar-refractivity contribution < 1.29 is 8.81 Å². The lowest BCUT2D eigenvalue weighted by Crippen LogP contribution is -1.99. The molecule has 1 N–H and O–H groups in total. The summed E-state index contributed by atoms with van der Waals surface area (Å²) in [6, 6.07) is 13.2. The maximum Gasteiger partial charge on any atom is 0.247 e. The molecule has 3 rings (SSSR count). The van der Waals surface area contributed by atoms with Gasteiger partial charge in [-0.15, -0.1) is 10.2 Å². The molecule has 0 bridgehead atoms. The Kier molecular flexibility index (Phi) is 3.83. The van der Waals surface area contributed by atoms with E-state index in [0.29, 0.717) is 23.3 Å². The standard InChI is InChI=1S/C15H11ClFN3O/c16-11-3-1-2-10(8-11)15-20-19-14(21-15)9-18-13-6-4-12(17)5-7-13/h1-8,18H,9H2. The molecule has 0 aliphatic heterocycles. The van der Waals surface area contributed by atoms with Gasteiger partial charge in [-0.1, -0.05) is 17.7 Å². The molecular formula is C15H11ClFN3O. The minimum atomic E-state index is -0.276. The molecule has 0 aliphatic carbocycles. The highest BCUT2D eigenvalue weighted by atomic mass is 35.5. The molecule has 0 unspecified atom stereocenters. The fourth-order valence-corrected chi connectivity index (χ4v) is 2.00. The van der Waals surface area contributed by atoms with Crippen LogP contribution in [0.4, 0.5) is 10.1 Å². The number of rotatable bonds is 4. The number of nitrogens with one attached hydrogen (secondary N) is 1. The van der Waals surface area contributed by atoms with Crippen LogP contribution in [0.2, 0.25) is 5.02 Å². The number of anilines is 1. The van der Waals surface area contributed by atoms with Crippen LogP contribution < -0.4 is 5.32 Å². The van der Waals surface area contributed by atoms with Crippen molar-refractivity contribution in [2.45, 2.75) is 6.54 Å². The van der Waals surface area contributed by atoms with Gasteiger partial charge in [-0.2, -0.15) is 0 Å². The lowest BCUT2D eigenvalue weighted by Gasteiger charge is -2.02. The van der Waals surface area contributed by atoms with Crippen molar-refractivity contribution in [3.05, 3.63) is 65.3 Å². The van der Waals surface area contributed by atoms with Crippen LogP contribution >= 0.6 is 11.6 Å². The fraction of sp³-hybridized carbons (Fsp3) is 0.0667. The summed E-state index contributed by atoms with van der Waals surface area (Å²) >= 11 is 5.92. The molecular weight excluding hydrogens is 293 g/mol. The summed E-state index contributed by atoms with van der Waals surface area (Å²) in [5, 5.41) is 11.6. The van der Waals surface area contributed by atoms with E-state index in [1.54, 1.807) is 24.3 Å². The van der Waals surface area contributed by atoms with Crippen LogP contribution in [0.3, 0.4) is 0 Å². The van der Waals surface area contributed by atoms with Crippen LogP contribution in [0.5, 0.6) is 0 Å². The average molecular weight is 304 g/mol. The minimum absolute atomic E-state index is 0.276. The molecule has 0 amide bonds. The monoisotopic (exact) mass is 303 g/mol. The van der Waals surface area contributed by atoms with E-state index in [1.807, 2.05) is 12.1 Å². The van der Waals surface area contributed by atoms with Crippen LogP contribution in [-0.2, 0) is 6.54 Å². The Labute approximate surface area is 125 Å². The van der Waals surface area contributed by atoms with Gasteiger partial charge >= 0.3 is 0 Å². The van der Waals surface area contributed by atoms with Crippen molar-refractivity contribution >= 4 is 17.3 Å². The Balaban J connectivity index is 1.69. The van der Waals surface area contributed by atoms with Crippen LogP contribution in [0.15, 0.2) is 52.9 Å². The van der Waals surface area contributed by atoms with Gasteiger partial charge in [0.25, 0.3) is 0 Å². The fourth-order valence-electron chi connectivity index (χ4n) is 1.81. The number of benzene rings is 2. The molecule has 106 valence electrons. The summed E-state index contributed by atoms with van der Waals surface area (Å²) in [4.78, 5) is 0. The SMILES string of the molecule is Fc1ccc(NCc2nnc(-c3cccc(Cl)c3)o2)cc1. The van der Waals surface area contributed by atoms with E-state index in [2.05, 4.69) is 15.5 Å². The molecule has 21 heavy (non-hydrogen) atoms. The maximum absolute atomic E-state index is 12.8. The molecule has 0 spiro atoms. The first kappa shape index (κ1) is 13.6. The number of halogens is 2. The third-order valence-electron chi connectivity index (χ3n) is 2.83. The van der Waals surface area contributed by atoms with E-state index in [0.717, 1.165) is 11.3 Å². The molecule has 4 nitrogen and oxygen atoms in total. The van der Waals surface area contributed by atoms with Crippen molar-refractivity contribution in [1.29, 1.82) is 0 Å². The van der Waals surface area contributed by atoms with Gasteiger partial charge in [0.15, 0.2) is 0 Å². The minimum Gasteiger partial charge on any atom is -0.419 e. The molecule has 0 atom stereocenters. The zero-order chi connectivity index (χ0) is 14.7. The van der Waals surface area contributed by atoms with Crippen molar-refractivity contribution in [1.82, 2.24) is 10.2 Å². The molecule has 2 aromatic carbocycles. The topological polar surface area (TPSA) is 51.0 Å². The van der Waals surface area contributed by atoms with Gasteiger partial charge in [0.05, 0.1) is 6.54 Å². The summed E-state index contributed by atoms with van der Waals surface area (Å²) in [6.07, 6.45) is 0. The molecule has 1 heterocycles. The second-order valence-corrected chi connectivity index (χ2v) is 4.81. The van der Waals surface area contributed by atoms with E-state index in [-0.39, 0.29) is 5.82 Å². The highest BCUT2D eigenvalue weighted by molar-refractivity contribution is 6.30. The molecule has 3 aromatic rings. The average Bonchev–Trinajstić information content (AvgIpc) is 2.96. The van der Waals surface area contributed by atoms with Crippen LogP contribution in [0.1, 0.15) is 5.89 Å². The quantitative estimate of drug-likeness (QED) is 0.787. The first-order valence-corrected chi connectivity index (χ1v) is 6.66. The van der Waals surface area contributed by atoms with E-state index in [1.165, 1.54) is 12.1 Å². The smallest absolute Gasteiger partial charge is 0.247 e. The van der Waals surface area contributed by atoms with Gasteiger partial charge in [0.1, 0.15) is 5.82 Å². The van der Waals surface area contributed by atoms with Crippen LogP contribution in [0, 0.1) is 5.82 Å². The summed E-state index contributed by atoms with van der Waals surface area (Å²) < 4.78 is 18.3. The van der Waals surface area contributed by atoms with E-state index >= 15 is 0 Å². The Morgan fingerprint density at radius 3 is 2.67 bits per heavy atom. The molecule has 0 radical (unpaired) electrons. The number of hydrogen-bond acceptors (Lipinski definition) is 4. The Morgan fingerprint density at radius 1 is 1.10 bits per heavy atom. The molecule has 1 aromatic heterocycles. The van der Waals surface area contributed by atoms with Crippen molar-refractivity contribution in [2.75, 3.05) is 5.32 Å².